The predicted molar refractivity (Wildman–Crippen MR) is 96.8 cm³/mol. The molecule has 0 fully saturated rings. The molecule has 25 heavy (non-hydrogen) atoms. The first-order valence-electron chi connectivity index (χ1n) is 8.39. The zero-order chi connectivity index (χ0) is 18.4. The minimum atomic E-state index is -0.551. The maximum Gasteiger partial charge on any atom is 0.266 e. The Balaban J connectivity index is 1.81. The van der Waals surface area contributed by atoms with Crippen LogP contribution in [0.3, 0.4) is 0 Å². The number of anilines is 1. The number of nitrogens with zero attached hydrogens (tertiary/aromatic N) is 2. The van der Waals surface area contributed by atoms with E-state index in [9.17, 15) is 4.79 Å². The maximum absolute atomic E-state index is 12.7. The lowest BCUT2D eigenvalue weighted by molar-refractivity contribution is -0.122. The minimum Gasteiger partial charge on any atom is -0.480 e. The summed E-state index contributed by atoms with van der Waals surface area (Å²) in [5.74, 6) is 1.20. The molecule has 1 N–H and O–H groups in total. The van der Waals surface area contributed by atoms with Crippen molar-refractivity contribution in [3.05, 3.63) is 46.6 Å². The van der Waals surface area contributed by atoms with Crippen LogP contribution < -0.4 is 10.1 Å². The molecule has 1 atom stereocenters. The molecular weight excluding hydrogens is 314 g/mol. The molecule has 2 aromatic rings. The van der Waals surface area contributed by atoms with Crippen LogP contribution in [0.25, 0.3) is 0 Å². The van der Waals surface area contributed by atoms with Gasteiger partial charge in [0, 0.05) is 18.2 Å². The van der Waals surface area contributed by atoms with Crippen molar-refractivity contribution in [1.82, 2.24) is 4.57 Å². The van der Waals surface area contributed by atoms with Crippen LogP contribution in [0.15, 0.2) is 24.4 Å². The number of aryl methyl sites for hydroxylation is 2. The highest BCUT2D eigenvalue weighted by atomic mass is 16.5. The summed E-state index contributed by atoms with van der Waals surface area (Å²) >= 11 is 0. The Morgan fingerprint density at radius 3 is 2.60 bits per heavy atom. The molecule has 0 bridgehead atoms. The van der Waals surface area contributed by atoms with Gasteiger partial charge in [-0.2, -0.15) is 5.26 Å². The first kappa shape index (κ1) is 17.1. The number of fused-ring (bicyclic) bond motifs is 1. The molecule has 0 saturated carbocycles. The van der Waals surface area contributed by atoms with Gasteiger partial charge in [-0.1, -0.05) is 6.07 Å². The fraction of sp³-hybridized carbons (Fsp3) is 0.400. The van der Waals surface area contributed by atoms with Crippen molar-refractivity contribution < 1.29 is 9.53 Å². The number of hydrogen-bond donors (Lipinski definition) is 1. The molecule has 1 aromatic carbocycles. The van der Waals surface area contributed by atoms with Crippen LogP contribution in [-0.2, 0) is 16.8 Å². The van der Waals surface area contributed by atoms with Crippen LogP contribution in [-0.4, -0.2) is 16.6 Å². The monoisotopic (exact) mass is 337 g/mol. The highest BCUT2D eigenvalue weighted by molar-refractivity contribution is 5.94. The molecule has 1 amide bonds. The summed E-state index contributed by atoms with van der Waals surface area (Å²) in [5.41, 5.74) is 3.69. The van der Waals surface area contributed by atoms with E-state index in [0.29, 0.717) is 17.8 Å². The Labute approximate surface area is 148 Å². The van der Waals surface area contributed by atoms with Crippen LogP contribution in [0.1, 0.15) is 43.0 Å². The minimum absolute atomic E-state index is 0.195. The Kier molecular flexibility index (Phi) is 4.08. The quantitative estimate of drug-likeness (QED) is 0.909. The smallest absolute Gasteiger partial charge is 0.266 e. The summed E-state index contributed by atoms with van der Waals surface area (Å²) < 4.78 is 7.75. The van der Waals surface area contributed by atoms with Crippen molar-refractivity contribution in [2.24, 2.45) is 0 Å². The Morgan fingerprint density at radius 2 is 1.96 bits per heavy atom. The number of aromatic nitrogens is 1. The van der Waals surface area contributed by atoms with E-state index in [1.807, 2.05) is 38.3 Å². The lowest BCUT2D eigenvalue weighted by Crippen LogP contribution is -2.33. The first-order valence-corrected chi connectivity index (χ1v) is 8.39. The molecule has 0 radical (unpaired) electrons. The van der Waals surface area contributed by atoms with Gasteiger partial charge in [0.1, 0.15) is 17.6 Å². The molecule has 1 aliphatic heterocycles. The van der Waals surface area contributed by atoms with Crippen LogP contribution >= 0.6 is 0 Å². The zero-order valence-corrected chi connectivity index (χ0v) is 15.3. The summed E-state index contributed by atoms with van der Waals surface area (Å²) in [7, 11) is 0. The lowest BCUT2D eigenvalue weighted by atomic mass is 10.0. The normalized spacial score (nSPS) is 16.1. The molecular formula is C20H23N3O2. The number of rotatable bonds is 2. The van der Waals surface area contributed by atoms with Gasteiger partial charge in [-0.05, 0) is 63.4 Å². The maximum atomic E-state index is 12.7. The molecule has 0 saturated heterocycles. The molecule has 3 rings (SSSR count). The van der Waals surface area contributed by atoms with Gasteiger partial charge in [0.2, 0.25) is 0 Å². The molecule has 0 spiro atoms. The SMILES string of the molecule is Cc1cc2c(cc1C)O[C@@H](C(=O)Nc1cc(C#N)cn1C(C)(C)C)C2. The van der Waals surface area contributed by atoms with E-state index in [2.05, 4.69) is 24.4 Å². The van der Waals surface area contributed by atoms with Gasteiger partial charge >= 0.3 is 0 Å². The summed E-state index contributed by atoms with van der Waals surface area (Å²) in [5, 5.41) is 12.1. The van der Waals surface area contributed by atoms with E-state index >= 15 is 0 Å². The lowest BCUT2D eigenvalue weighted by Gasteiger charge is -2.24. The molecule has 2 heterocycles. The number of hydrogen-bond acceptors (Lipinski definition) is 3. The van der Waals surface area contributed by atoms with E-state index in [1.54, 1.807) is 12.3 Å². The average Bonchev–Trinajstić information content (AvgIpc) is 3.11. The molecule has 5 nitrogen and oxygen atoms in total. The highest BCUT2D eigenvalue weighted by Gasteiger charge is 2.31. The van der Waals surface area contributed by atoms with E-state index in [-0.39, 0.29) is 11.4 Å². The number of amides is 1. The third kappa shape index (κ3) is 3.25. The van der Waals surface area contributed by atoms with Gasteiger partial charge < -0.3 is 14.6 Å². The topological polar surface area (TPSA) is 67.0 Å². The second-order valence-electron chi connectivity index (χ2n) is 7.61. The summed E-state index contributed by atoms with van der Waals surface area (Å²) in [6.45, 7) is 10.2. The van der Waals surface area contributed by atoms with E-state index in [1.165, 1.54) is 5.56 Å². The number of benzene rings is 1. The van der Waals surface area contributed by atoms with Gasteiger partial charge in [0.05, 0.1) is 5.56 Å². The van der Waals surface area contributed by atoms with E-state index in [4.69, 9.17) is 10.00 Å². The fourth-order valence-corrected chi connectivity index (χ4v) is 3.04. The second-order valence-corrected chi connectivity index (χ2v) is 7.61. The Bertz CT molecular complexity index is 851. The van der Waals surface area contributed by atoms with Crippen LogP contribution in [0.4, 0.5) is 5.82 Å². The van der Waals surface area contributed by atoms with Gasteiger partial charge in [-0.25, -0.2) is 0 Å². The number of nitrogens with one attached hydrogen (secondary N) is 1. The van der Waals surface area contributed by atoms with Crippen molar-refractivity contribution >= 4 is 11.7 Å². The van der Waals surface area contributed by atoms with Crippen LogP contribution in [0.5, 0.6) is 5.75 Å². The van der Waals surface area contributed by atoms with Crippen molar-refractivity contribution in [1.29, 1.82) is 5.26 Å². The number of carbonyl (C=O) groups excluding carboxylic acids is 1. The van der Waals surface area contributed by atoms with Gasteiger partial charge in [0.25, 0.3) is 5.91 Å². The van der Waals surface area contributed by atoms with Gasteiger partial charge in [-0.3, -0.25) is 4.79 Å². The summed E-state index contributed by atoms with van der Waals surface area (Å²) in [6, 6.07) is 7.90. The highest BCUT2D eigenvalue weighted by Crippen LogP contribution is 2.32. The number of carbonyl (C=O) groups is 1. The van der Waals surface area contributed by atoms with Crippen molar-refractivity contribution in [3.8, 4) is 11.8 Å². The van der Waals surface area contributed by atoms with Gasteiger partial charge in [-0.15, -0.1) is 0 Å². The Morgan fingerprint density at radius 1 is 1.28 bits per heavy atom. The molecule has 0 unspecified atom stereocenters. The summed E-state index contributed by atoms with van der Waals surface area (Å²) in [6.07, 6.45) is 1.76. The van der Waals surface area contributed by atoms with Crippen molar-refractivity contribution in [2.45, 2.75) is 52.7 Å². The summed E-state index contributed by atoms with van der Waals surface area (Å²) in [4.78, 5) is 12.7. The fourth-order valence-electron chi connectivity index (χ4n) is 3.04. The second kappa shape index (κ2) is 5.96. The average molecular weight is 337 g/mol. The zero-order valence-electron chi connectivity index (χ0n) is 15.3. The van der Waals surface area contributed by atoms with Crippen molar-refractivity contribution in [3.63, 3.8) is 0 Å². The molecule has 0 aliphatic carbocycles. The first-order chi connectivity index (χ1) is 11.7. The molecule has 1 aliphatic rings. The molecule has 5 heteroatoms. The number of ether oxygens (including phenoxy) is 1. The number of nitriles is 1. The van der Waals surface area contributed by atoms with Crippen LogP contribution in [0, 0.1) is 25.2 Å². The Hall–Kier alpha value is -2.74. The van der Waals surface area contributed by atoms with E-state index in [0.717, 1.165) is 16.9 Å². The molecule has 1 aromatic heterocycles. The van der Waals surface area contributed by atoms with Crippen molar-refractivity contribution in [2.75, 3.05) is 5.32 Å². The standard InChI is InChI=1S/C20H23N3O2/c1-12-6-15-9-17(25-16(15)7-13(12)2)19(24)22-18-8-14(10-21)11-23(18)20(3,4)5/h6-8,11,17H,9H2,1-5H3,(H,22,24)/t17-/m1/s1. The third-order valence-electron chi connectivity index (χ3n) is 4.57. The van der Waals surface area contributed by atoms with Crippen LogP contribution in [0.2, 0.25) is 0 Å². The molecule has 130 valence electrons. The van der Waals surface area contributed by atoms with Gasteiger partial charge in [0.15, 0.2) is 6.10 Å². The largest absolute Gasteiger partial charge is 0.480 e. The predicted octanol–water partition coefficient (Wildman–Crippen LogP) is 3.67. The third-order valence-corrected chi connectivity index (χ3v) is 4.57. The van der Waals surface area contributed by atoms with E-state index < -0.39 is 6.10 Å².